The Morgan fingerprint density at radius 1 is 1.08 bits per heavy atom. The van der Waals surface area contributed by atoms with Crippen LogP contribution in [0.1, 0.15) is 18.1 Å². The van der Waals surface area contributed by atoms with E-state index in [1.165, 1.54) is 11.6 Å². The van der Waals surface area contributed by atoms with Gasteiger partial charge in [-0.2, -0.15) is 0 Å². The van der Waals surface area contributed by atoms with Gasteiger partial charge in [0, 0.05) is 23.1 Å². The zero-order chi connectivity index (χ0) is 17.6. The van der Waals surface area contributed by atoms with Crippen LogP contribution >= 0.6 is 11.3 Å². The van der Waals surface area contributed by atoms with Crippen molar-refractivity contribution in [2.75, 3.05) is 0 Å². The number of hydrogen-bond donors (Lipinski definition) is 1. The highest BCUT2D eigenvalue weighted by atomic mass is 32.1. The molecule has 1 heterocycles. The first kappa shape index (κ1) is 17.1. The van der Waals surface area contributed by atoms with E-state index < -0.39 is 0 Å². The van der Waals surface area contributed by atoms with Crippen molar-refractivity contribution in [1.29, 1.82) is 0 Å². The predicted octanol–water partition coefficient (Wildman–Crippen LogP) is 4.98. The highest BCUT2D eigenvalue weighted by Crippen LogP contribution is 2.29. The van der Waals surface area contributed by atoms with Crippen molar-refractivity contribution in [1.82, 2.24) is 10.3 Å². The van der Waals surface area contributed by atoms with E-state index in [0.717, 1.165) is 27.4 Å². The first-order valence-corrected chi connectivity index (χ1v) is 9.06. The number of rotatable bonds is 5. The molecule has 0 aliphatic rings. The van der Waals surface area contributed by atoms with Crippen LogP contribution in [0, 0.1) is 6.92 Å². The molecule has 126 valence electrons. The minimum atomic E-state index is -0.0748. The summed E-state index contributed by atoms with van der Waals surface area (Å²) in [6, 6.07) is 16.6. The number of hydrogen-bond acceptors (Lipinski definition) is 3. The molecular formula is C21H20N2OS. The van der Waals surface area contributed by atoms with E-state index in [9.17, 15) is 4.79 Å². The lowest BCUT2D eigenvalue weighted by atomic mass is 10.1. The van der Waals surface area contributed by atoms with Crippen LogP contribution in [0.25, 0.3) is 21.8 Å². The summed E-state index contributed by atoms with van der Waals surface area (Å²) in [4.78, 5) is 16.2. The third-order valence-corrected chi connectivity index (χ3v) is 4.73. The van der Waals surface area contributed by atoms with Crippen molar-refractivity contribution < 1.29 is 4.79 Å². The zero-order valence-electron chi connectivity index (χ0n) is 14.3. The van der Waals surface area contributed by atoms with Gasteiger partial charge in [-0.05, 0) is 25.5 Å². The molecule has 25 heavy (non-hydrogen) atoms. The number of aromatic nitrogens is 1. The van der Waals surface area contributed by atoms with Crippen LogP contribution in [0.15, 0.2) is 66.1 Å². The van der Waals surface area contributed by atoms with Crippen molar-refractivity contribution in [3.63, 3.8) is 0 Å². The smallest absolute Gasteiger partial charge is 0.243 e. The quantitative estimate of drug-likeness (QED) is 0.661. The SMILES string of the molecule is C/C=C/C(=O)NCc1ccc(-c2nc(-c3ccc(C)cc3)cs2)cc1. The number of nitrogens with one attached hydrogen (secondary N) is 1. The van der Waals surface area contributed by atoms with Crippen molar-refractivity contribution in [2.45, 2.75) is 20.4 Å². The van der Waals surface area contributed by atoms with Crippen LogP contribution in [-0.2, 0) is 11.3 Å². The topological polar surface area (TPSA) is 42.0 Å². The Morgan fingerprint density at radius 2 is 1.76 bits per heavy atom. The molecule has 0 unspecified atom stereocenters. The number of benzene rings is 2. The number of thiazole rings is 1. The molecule has 0 radical (unpaired) electrons. The first-order chi connectivity index (χ1) is 12.2. The maximum absolute atomic E-state index is 11.5. The van der Waals surface area contributed by atoms with Crippen LogP contribution in [-0.4, -0.2) is 10.9 Å². The van der Waals surface area contributed by atoms with E-state index in [-0.39, 0.29) is 5.91 Å². The van der Waals surface area contributed by atoms with Gasteiger partial charge >= 0.3 is 0 Å². The first-order valence-electron chi connectivity index (χ1n) is 8.18. The van der Waals surface area contributed by atoms with Gasteiger partial charge < -0.3 is 5.32 Å². The Labute approximate surface area is 152 Å². The molecule has 0 saturated heterocycles. The number of allylic oxidation sites excluding steroid dienone is 1. The minimum absolute atomic E-state index is 0.0748. The average molecular weight is 348 g/mol. The molecular weight excluding hydrogens is 328 g/mol. The summed E-state index contributed by atoms with van der Waals surface area (Å²) in [5.41, 5.74) is 5.54. The Morgan fingerprint density at radius 3 is 2.44 bits per heavy atom. The molecule has 0 bridgehead atoms. The second kappa shape index (κ2) is 7.90. The number of aryl methyl sites for hydroxylation is 1. The molecule has 1 aromatic heterocycles. The van der Waals surface area contributed by atoms with E-state index >= 15 is 0 Å². The second-order valence-corrected chi connectivity index (χ2v) is 6.68. The molecule has 0 saturated carbocycles. The van der Waals surface area contributed by atoms with Crippen LogP contribution in [0.4, 0.5) is 0 Å². The van der Waals surface area contributed by atoms with Gasteiger partial charge in [0.25, 0.3) is 0 Å². The summed E-state index contributed by atoms with van der Waals surface area (Å²) in [6.07, 6.45) is 3.25. The van der Waals surface area contributed by atoms with Gasteiger partial charge in [0.1, 0.15) is 5.01 Å². The lowest BCUT2D eigenvalue weighted by Crippen LogP contribution is -2.20. The third-order valence-electron chi connectivity index (χ3n) is 3.84. The molecule has 4 heteroatoms. The van der Waals surface area contributed by atoms with Crippen LogP contribution in [0.3, 0.4) is 0 Å². The highest BCUT2D eigenvalue weighted by molar-refractivity contribution is 7.13. The summed E-state index contributed by atoms with van der Waals surface area (Å²) in [7, 11) is 0. The van der Waals surface area contributed by atoms with Gasteiger partial charge in [0.05, 0.1) is 5.69 Å². The fourth-order valence-electron chi connectivity index (χ4n) is 2.43. The summed E-state index contributed by atoms with van der Waals surface area (Å²) in [5.74, 6) is -0.0748. The van der Waals surface area contributed by atoms with Crippen molar-refractivity contribution in [3.8, 4) is 21.8 Å². The van der Waals surface area contributed by atoms with Gasteiger partial charge in [0.2, 0.25) is 5.91 Å². The Hall–Kier alpha value is -2.72. The molecule has 0 aliphatic carbocycles. The Bertz CT molecular complexity index is 877. The van der Waals surface area contributed by atoms with Crippen molar-refractivity contribution in [2.24, 2.45) is 0 Å². The summed E-state index contributed by atoms with van der Waals surface area (Å²) in [6.45, 7) is 4.43. The summed E-state index contributed by atoms with van der Waals surface area (Å²) in [5, 5.41) is 5.94. The number of carbonyl (C=O) groups is 1. The largest absolute Gasteiger partial charge is 0.348 e. The van der Waals surface area contributed by atoms with Gasteiger partial charge in [0.15, 0.2) is 0 Å². The minimum Gasteiger partial charge on any atom is -0.348 e. The normalized spacial score (nSPS) is 11.0. The lowest BCUT2D eigenvalue weighted by Gasteiger charge is -2.03. The van der Waals surface area contributed by atoms with E-state index in [2.05, 4.69) is 54.0 Å². The van der Waals surface area contributed by atoms with Crippen molar-refractivity contribution in [3.05, 3.63) is 77.2 Å². The fourth-order valence-corrected chi connectivity index (χ4v) is 3.26. The van der Waals surface area contributed by atoms with Gasteiger partial charge in [-0.25, -0.2) is 4.98 Å². The maximum atomic E-state index is 11.5. The number of nitrogens with zero attached hydrogens (tertiary/aromatic N) is 1. The Kier molecular flexibility index (Phi) is 5.41. The van der Waals surface area contributed by atoms with Crippen LogP contribution < -0.4 is 5.32 Å². The molecule has 0 spiro atoms. The number of carbonyl (C=O) groups excluding carboxylic acids is 1. The molecule has 3 aromatic rings. The molecule has 0 fully saturated rings. The molecule has 3 nitrogen and oxygen atoms in total. The zero-order valence-corrected chi connectivity index (χ0v) is 15.1. The molecule has 1 amide bonds. The standard InChI is InChI=1S/C21H20N2OS/c1-3-4-20(24)22-13-16-7-11-18(12-8-16)21-23-19(14-25-21)17-9-5-15(2)6-10-17/h3-12,14H,13H2,1-2H3,(H,22,24)/b4-3+. The molecule has 2 aromatic carbocycles. The molecule has 0 aliphatic heterocycles. The van der Waals surface area contributed by atoms with Gasteiger partial charge in [-0.1, -0.05) is 60.2 Å². The molecule has 3 rings (SSSR count). The van der Waals surface area contributed by atoms with E-state index in [1.807, 2.05) is 19.1 Å². The third kappa shape index (κ3) is 4.43. The van der Waals surface area contributed by atoms with Crippen molar-refractivity contribution >= 4 is 17.2 Å². The van der Waals surface area contributed by atoms with E-state index in [0.29, 0.717) is 6.54 Å². The maximum Gasteiger partial charge on any atom is 0.243 e. The molecule has 1 N–H and O–H groups in total. The highest BCUT2D eigenvalue weighted by Gasteiger charge is 2.07. The predicted molar refractivity (Wildman–Crippen MR) is 104 cm³/mol. The van der Waals surface area contributed by atoms with Gasteiger partial charge in [-0.3, -0.25) is 4.79 Å². The second-order valence-electron chi connectivity index (χ2n) is 5.82. The van der Waals surface area contributed by atoms with Gasteiger partial charge in [-0.15, -0.1) is 11.3 Å². The summed E-state index contributed by atoms with van der Waals surface area (Å²) >= 11 is 1.64. The Balaban J connectivity index is 1.70. The van der Waals surface area contributed by atoms with E-state index in [1.54, 1.807) is 17.4 Å². The van der Waals surface area contributed by atoms with Crippen LogP contribution in [0.5, 0.6) is 0 Å². The summed E-state index contributed by atoms with van der Waals surface area (Å²) < 4.78 is 0. The fraction of sp³-hybridized carbons (Fsp3) is 0.143. The number of amides is 1. The lowest BCUT2D eigenvalue weighted by molar-refractivity contribution is -0.116. The average Bonchev–Trinajstić information content (AvgIpc) is 3.11. The monoisotopic (exact) mass is 348 g/mol. The van der Waals surface area contributed by atoms with Crippen LogP contribution in [0.2, 0.25) is 0 Å². The van der Waals surface area contributed by atoms with E-state index in [4.69, 9.17) is 4.98 Å². The molecule has 0 atom stereocenters.